The summed E-state index contributed by atoms with van der Waals surface area (Å²) in [6.45, 7) is 6.71. The molecule has 0 radical (unpaired) electrons. The maximum absolute atomic E-state index is 13.4. The van der Waals surface area contributed by atoms with Gasteiger partial charge in [-0.1, -0.05) is 12.1 Å². The molecule has 0 bridgehead atoms. The Balaban J connectivity index is 1.05. The number of fused-ring (bicyclic) bond motifs is 2. The van der Waals surface area contributed by atoms with Crippen molar-refractivity contribution < 1.29 is 14.3 Å². The van der Waals surface area contributed by atoms with Crippen molar-refractivity contribution in [3.05, 3.63) is 70.0 Å². The van der Waals surface area contributed by atoms with Gasteiger partial charge >= 0.3 is 5.97 Å². The predicted molar refractivity (Wildman–Crippen MR) is 127 cm³/mol. The van der Waals surface area contributed by atoms with Crippen molar-refractivity contribution in [3.63, 3.8) is 0 Å². The van der Waals surface area contributed by atoms with Crippen LogP contribution in [0, 0.1) is 6.92 Å². The summed E-state index contributed by atoms with van der Waals surface area (Å²) in [7, 11) is 0. The molecular formula is C26H28N6O3. The fourth-order valence-corrected chi connectivity index (χ4v) is 5.64. The molecule has 1 unspecified atom stereocenters. The van der Waals surface area contributed by atoms with Gasteiger partial charge in [-0.15, -0.1) is 5.10 Å². The van der Waals surface area contributed by atoms with Crippen molar-refractivity contribution >= 4 is 11.9 Å². The zero-order chi connectivity index (χ0) is 23.9. The van der Waals surface area contributed by atoms with Crippen LogP contribution >= 0.6 is 0 Å². The third-order valence-electron chi connectivity index (χ3n) is 7.78. The number of tetrazole rings is 1. The molecule has 1 aromatic heterocycles. The van der Waals surface area contributed by atoms with E-state index in [2.05, 4.69) is 45.5 Å². The molecule has 6 rings (SSSR count). The zero-order valence-corrected chi connectivity index (χ0v) is 19.8. The quantitative estimate of drug-likeness (QED) is 0.525. The number of aryl methyl sites for hydroxylation is 1. The first-order valence-corrected chi connectivity index (χ1v) is 12.2. The molecule has 1 saturated heterocycles. The number of cyclic esters (lactones) is 1. The summed E-state index contributed by atoms with van der Waals surface area (Å²) < 4.78 is 6.82. The molecule has 2 aliphatic heterocycles. The number of carbonyl (C=O) groups excluding carboxylic acids is 2. The van der Waals surface area contributed by atoms with Gasteiger partial charge in [0.1, 0.15) is 12.9 Å². The Kier molecular flexibility index (Phi) is 5.56. The third-order valence-corrected chi connectivity index (χ3v) is 7.78. The Labute approximate surface area is 203 Å². The normalized spacial score (nSPS) is 19.5. The second-order valence-electron chi connectivity index (χ2n) is 9.60. The van der Waals surface area contributed by atoms with Crippen molar-refractivity contribution in [2.45, 2.75) is 38.7 Å². The lowest BCUT2D eigenvalue weighted by molar-refractivity contribution is -0.134. The van der Waals surface area contributed by atoms with Crippen LogP contribution in [0.3, 0.4) is 0 Å². The summed E-state index contributed by atoms with van der Waals surface area (Å²) in [5, 5.41) is 11.4. The average Bonchev–Trinajstić information content (AvgIpc) is 3.64. The monoisotopic (exact) mass is 472 g/mol. The van der Waals surface area contributed by atoms with E-state index >= 15 is 0 Å². The van der Waals surface area contributed by atoms with E-state index in [4.69, 9.17) is 4.74 Å². The molecule has 0 spiro atoms. The molecular weight excluding hydrogens is 444 g/mol. The lowest BCUT2D eigenvalue weighted by Crippen LogP contribution is -2.50. The van der Waals surface area contributed by atoms with E-state index in [1.165, 1.54) is 16.7 Å². The molecule has 180 valence electrons. The first kappa shape index (κ1) is 21.9. The van der Waals surface area contributed by atoms with Crippen LogP contribution in [0.15, 0.2) is 36.7 Å². The summed E-state index contributed by atoms with van der Waals surface area (Å²) >= 11 is 0. The van der Waals surface area contributed by atoms with Crippen LogP contribution in [0.25, 0.3) is 5.69 Å². The molecule has 1 aliphatic carbocycles. The molecule has 3 heterocycles. The zero-order valence-electron chi connectivity index (χ0n) is 19.8. The molecule has 3 aliphatic rings. The fraction of sp³-hybridized carbons (Fsp3) is 0.423. The number of amides is 1. The van der Waals surface area contributed by atoms with Crippen molar-refractivity contribution in [2.75, 3.05) is 32.7 Å². The SMILES string of the molecule is Cc1c(CCN2CCN(C(=O)C3CCc4cc(-n5cnnn5)ccc43)CC2)ccc2c1COC2=O. The van der Waals surface area contributed by atoms with Crippen LogP contribution in [0.5, 0.6) is 0 Å². The van der Waals surface area contributed by atoms with Gasteiger partial charge < -0.3 is 9.64 Å². The van der Waals surface area contributed by atoms with Crippen molar-refractivity contribution in [3.8, 4) is 5.69 Å². The van der Waals surface area contributed by atoms with E-state index in [9.17, 15) is 9.59 Å². The lowest BCUT2D eigenvalue weighted by atomic mass is 9.96. The minimum atomic E-state index is -0.215. The van der Waals surface area contributed by atoms with E-state index in [0.29, 0.717) is 12.2 Å². The maximum Gasteiger partial charge on any atom is 0.338 e. The Morgan fingerprint density at radius 1 is 1.14 bits per heavy atom. The second-order valence-corrected chi connectivity index (χ2v) is 9.60. The highest BCUT2D eigenvalue weighted by molar-refractivity contribution is 5.94. The molecule has 35 heavy (non-hydrogen) atoms. The maximum atomic E-state index is 13.4. The molecule has 0 saturated carbocycles. The van der Waals surface area contributed by atoms with Crippen LogP contribution < -0.4 is 0 Å². The number of hydrogen-bond acceptors (Lipinski definition) is 7. The van der Waals surface area contributed by atoms with E-state index in [1.807, 2.05) is 17.0 Å². The van der Waals surface area contributed by atoms with Gasteiger partial charge in [-0.2, -0.15) is 0 Å². The molecule has 1 amide bonds. The van der Waals surface area contributed by atoms with Crippen LogP contribution in [-0.4, -0.2) is 74.6 Å². The summed E-state index contributed by atoms with van der Waals surface area (Å²) in [5.41, 5.74) is 7.46. The van der Waals surface area contributed by atoms with Crippen LogP contribution in [0.2, 0.25) is 0 Å². The molecule has 1 fully saturated rings. The van der Waals surface area contributed by atoms with E-state index in [0.717, 1.165) is 68.8 Å². The molecule has 9 nitrogen and oxygen atoms in total. The number of benzene rings is 2. The third kappa shape index (κ3) is 3.99. The van der Waals surface area contributed by atoms with Crippen LogP contribution in [-0.2, 0) is 29.0 Å². The largest absolute Gasteiger partial charge is 0.457 e. The first-order chi connectivity index (χ1) is 17.1. The van der Waals surface area contributed by atoms with Gasteiger partial charge in [0.25, 0.3) is 0 Å². The number of esters is 1. The lowest BCUT2D eigenvalue weighted by Gasteiger charge is -2.36. The fourth-order valence-electron chi connectivity index (χ4n) is 5.64. The predicted octanol–water partition coefficient (Wildman–Crippen LogP) is 2.06. The van der Waals surface area contributed by atoms with E-state index in [1.54, 1.807) is 11.0 Å². The Bertz CT molecular complexity index is 1280. The number of aromatic nitrogens is 4. The van der Waals surface area contributed by atoms with Gasteiger partial charge in [0, 0.05) is 38.3 Å². The number of carbonyl (C=O) groups is 2. The van der Waals surface area contributed by atoms with Crippen molar-refractivity contribution in [1.82, 2.24) is 30.0 Å². The van der Waals surface area contributed by atoms with Gasteiger partial charge in [-0.25, -0.2) is 9.48 Å². The molecule has 1 atom stereocenters. The van der Waals surface area contributed by atoms with Gasteiger partial charge in [0.05, 0.1) is 17.2 Å². The molecule has 9 heteroatoms. The summed E-state index contributed by atoms with van der Waals surface area (Å²) in [4.78, 5) is 29.6. The van der Waals surface area contributed by atoms with Crippen molar-refractivity contribution in [1.29, 1.82) is 0 Å². The van der Waals surface area contributed by atoms with Gasteiger partial charge in [-0.05, 0) is 77.1 Å². The first-order valence-electron chi connectivity index (χ1n) is 12.2. The Morgan fingerprint density at radius 2 is 2.00 bits per heavy atom. The van der Waals surface area contributed by atoms with Crippen LogP contribution in [0.1, 0.15) is 50.5 Å². The minimum Gasteiger partial charge on any atom is -0.457 e. The molecule has 2 aromatic carbocycles. The number of piperazine rings is 1. The van der Waals surface area contributed by atoms with Gasteiger partial charge in [0.2, 0.25) is 5.91 Å². The number of hydrogen-bond donors (Lipinski definition) is 0. The average molecular weight is 473 g/mol. The highest BCUT2D eigenvalue weighted by Gasteiger charge is 2.33. The van der Waals surface area contributed by atoms with Crippen molar-refractivity contribution in [2.24, 2.45) is 0 Å². The summed E-state index contributed by atoms with van der Waals surface area (Å²) in [5.74, 6) is -0.0237. The van der Waals surface area contributed by atoms with Gasteiger partial charge in [-0.3, -0.25) is 9.69 Å². The van der Waals surface area contributed by atoms with E-state index in [-0.39, 0.29) is 17.8 Å². The molecule has 0 N–H and O–H groups in total. The van der Waals surface area contributed by atoms with Gasteiger partial charge in [0.15, 0.2) is 0 Å². The number of ether oxygens (including phenoxy) is 1. The topological polar surface area (TPSA) is 93.5 Å². The summed E-state index contributed by atoms with van der Waals surface area (Å²) in [6.07, 6.45) is 4.27. The minimum absolute atomic E-state index is 0.0570. The second kappa shape index (κ2) is 8.88. The smallest absolute Gasteiger partial charge is 0.338 e. The highest BCUT2D eigenvalue weighted by atomic mass is 16.5. The Morgan fingerprint density at radius 3 is 2.80 bits per heavy atom. The number of nitrogens with zero attached hydrogens (tertiary/aromatic N) is 6. The number of rotatable bonds is 5. The van der Waals surface area contributed by atoms with E-state index < -0.39 is 0 Å². The van der Waals surface area contributed by atoms with Crippen LogP contribution in [0.4, 0.5) is 0 Å². The Hall–Kier alpha value is -3.59. The highest BCUT2D eigenvalue weighted by Crippen LogP contribution is 2.36. The molecule has 3 aromatic rings. The summed E-state index contributed by atoms with van der Waals surface area (Å²) in [6, 6.07) is 10.1. The standard InChI is InChI=1S/C26H28N6O3/c1-17-18(2-6-23-24(17)15-35-26(23)34)8-9-30-10-12-31(13-11-30)25(33)22-5-3-19-14-20(4-7-21(19)22)32-16-27-28-29-32/h2,4,6-7,14,16,22H,3,5,8-13,15H2,1H3.